The number of hydrogen-bond donors (Lipinski definition) is 0. The normalized spacial score (nSPS) is 23.2. The van der Waals surface area contributed by atoms with E-state index < -0.39 is 0 Å². The molecule has 25 heavy (non-hydrogen) atoms. The van der Waals surface area contributed by atoms with Crippen LogP contribution in [-0.4, -0.2) is 44.9 Å². The van der Waals surface area contributed by atoms with Gasteiger partial charge in [-0.2, -0.15) is 0 Å². The lowest BCUT2D eigenvalue weighted by atomic mass is 9.81. The highest BCUT2D eigenvalue weighted by atomic mass is 16.6. The van der Waals surface area contributed by atoms with Crippen LogP contribution in [0.1, 0.15) is 17.9 Å². The highest BCUT2D eigenvalue weighted by molar-refractivity contribution is 5.46. The van der Waals surface area contributed by atoms with Crippen molar-refractivity contribution in [1.29, 1.82) is 0 Å². The zero-order chi connectivity index (χ0) is 17.1. The quantitative estimate of drug-likeness (QED) is 0.852. The molecule has 0 amide bonds. The summed E-state index contributed by atoms with van der Waals surface area (Å²) in [5, 5.41) is 0. The van der Waals surface area contributed by atoms with E-state index >= 15 is 0 Å². The molecule has 0 radical (unpaired) electrons. The number of ether oxygens (including phenoxy) is 3. The molecule has 4 nitrogen and oxygen atoms in total. The lowest BCUT2D eigenvalue weighted by Gasteiger charge is -2.37. The summed E-state index contributed by atoms with van der Waals surface area (Å²) >= 11 is 0. The Bertz CT molecular complexity index is 704. The van der Waals surface area contributed by atoms with Crippen molar-refractivity contribution in [2.45, 2.75) is 12.3 Å². The van der Waals surface area contributed by atoms with E-state index in [9.17, 15) is 0 Å². The molecule has 0 aliphatic carbocycles. The molecule has 1 fully saturated rings. The largest absolute Gasteiger partial charge is 0.493 e. The van der Waals surface area contributed by atoms with E-state index in [0.717, 1.165) is 30.3 Å². The molecule has 0 unspecified atom stereocenters. The van der Waals surface area contributed by atoms with Gasteiger partial charge in [0.25, 0.3) is 0 Å². The molecule has 4 heteroatoms. The summed E-state index contributed by atoms with van der Waals surface area (Å²) in [6, 6.07) is 16.7. The van der Waals surface area contributed by atoms with Gasteiger partial charge in [0.15, 0.2) is 11.5 Å². The van der Waals surface area contributed by atoms with Crippen LogP contribution in [-0.2, 0) is 0 Å². The third-order valence-corrected chi connectivity index (χ3v) is 5.14. The van der Waals surface area contributed by atoms with Crippen LogP contribution in [0.4, 0.5) is 0 Å². The van der Waals surface area contributed by atoms with Crippen molar-refractivity contribution in [2.24, 2.45) is 5.92 Å². The Kier molecular flexibility index (Phi) is 4.79. The fraction of sp³-hybridized carbons (Fsp3) is 0.429. The fourth-order valence-electron chi connectivity index (χ4n) is 3.84. The summed E-state index contributed by atoms with van der Waals surface area (Å²) in [5.41, 5.74) is 1.42. The van der Waals surface area contributed by atoms with Crippen molar-refractivity contribution in [1.82, 2.24) is 4.90 Å². The fourth-order valence-corrected chi connectivity index (χ4v) is 3.84. The summed E-state index contributed by atoms with van der Waals surface area (Å²) in [5.74, 6) is 3.47. The zero-order valence-electron chi connectivity index (χ0n) is 14.7. The Morgan fingerprint density at radius 2 is 1.84 bits per heavy atom. The maximum absolute atomic E-state index is 6.15. The molecular weight excluding hydrogens is 314 g/mol. The van der Waals surface area contributed by atoms with Gasteiger partial charge in [-0.3, -0.25) is 0 Å². The van der Waals surface area contributed by atoms with Gasteiger partial charge in [-0.05, 0) is 43.6 Å². The Balaban J connectivity index is 1.46. The van der Waals surface area contributed by atoms with Gasteiger partial charge in [0.05, 0.1) is 6.61 Å². The second-order valence-electron chi connectivity index (χ2n) is 6.94. The van der Waals surface area contributed by atoms with Gasteiger partial charge in [-0.15, -0.1) is 0 Å². The minimum absolute atomic E-state index is 0.481. The van der Waals surface area contributed by atoms with Gasteiger partial charge >= 0.3 is 0 Å². The minimum atomic E-state index is 0.481. The number of rotatable bonds is 4. The lowest BCUT2D eigenvalue weighted by molar-refractivity contribution is 0.128. The van der Waals surface area contributed by atoms with E-state index in [2.05, 4.69) is 42.3 Å². The number of hydrogen-bond acceptors (Lipinski definition) is 4. The standard InChI is InChI=1S/C21H25NO3/c1-22-10-9-19(16-5-3-2-4-6-16)17(14-22)15-25-18-7-8-20-21(13-18)24-12-11-23-20/h2-8,13,17,19H,9-12,14-15H2,1H3/t17-,19-/m0/s1. The molecule has 2 aromatic carbocycles. The highest BCUT2D eigenvalue weighted by Gasteiger charge is 2.29. The predicted molar refractivity (Wildman–Crippen MR) is 97.7 cm³/mol. The first-order valence-corrected chi connectivity index (χ1v) is 9.05. The van der Waals surface area contributed by atoms with E-state index in [-0.39, 0.29) is 0 Å². The Morgan fingerprint density at radius 3 is 2.68 bits per heavy atom. The third-order valence-electron chi connectivity index (χ3n) is 5.14. The van der Waals surface area contributed by atoms with Gasteiger partial charge in [-0.1, -0.05) is 30.3 Å². The molecule has 2 heterocycles. The molecule has 0 saturated carbocycles. The first kappa shape index (κ1) is 16.3. The SMILES string of the molecule is CN1CC[C@@H](c2ccccc2)[C@H](COc2ccc3c(c2)OCCO3)C1. The minimum Gasteiger partial charge on any atom is -0.493 e. The summed E-state index contributed by atoms with van der Waals surface area (Å²) in [6.45, 7) is 4.12. The van der Waals surface area contributed by atoms with Crippen molar-refractivity contribution in [2.75, 3.05) is 40.0 Å². The third kappa shape index (κ3) is 3.74. The first-order chi connectivity index (χ1) is 12.3. The van der Waals surface area contributed by atoms with E-state index in [0.29, 0.717) is 31.7 Å². The summed E-state index contributed by atoms with van der Waals surface area (Å²) < 4.78 is 17.4. The molecule has 2 atom stereocenters. The van der Waals surface area contributed by atoms with E-state index in [4.69, 9.17) is 14.2 Å². The average Bonchev–Trinajstić information content (AvgIpc) is 2.67. The average molecular weight is 339 g/mol. The van der Waals surface area contributed by atoms with Crippen molar-refractivity contribution >= 4 is 0 Å². The maximum atomic E-state index is 6.15. The molecule has 1 saturated heterocycles. The monoisotopic (exact) mass is 339 g/mol. The number of fused-ring (bicyclic) bond motifs is 1. The van der Waals surface area contributed by atoms with Crippen LogP contribution >= 0.6 is 0 Å². The molecule has 0 aromatic heterocycles. The maximum Gasteiger partial charge on any atom is 0.165 e. The summed E-state index contributed by atoms with van der Waals surface area (Å²) in [6.07, 6.45) is 1.18. The van der Waals surface area contributed by atoms with Crippen LogP contribution in [0.15, 0.2) is 48.5 Å². The number of likely N-dealkylation sites (tertiary alicyclic amines) is 1. The van der Waals surface area contributed by atoms with Gasteiger partial charge in [0.1, 0.15) is 19.0 Å². The predicted octanol–water partition coefficient (Wildman–Crippen LogP) is 3.57. The molecule has 2 aromatic rings. The van der Waals surface area contributed by atoms with E-state index in [1.165, 1.54) is 12.0 Å². The number of nitrogens with zero attached hydrogens (tertiary/aromatic N) is 1. The Labute approximate surface area is 149 Å². The van der Waals surface area contributed by atoms with Crippen LogP contribution in [0.3, 0.4) is 0 Å². The van der Waals surface area contributed by atoms with E-state index in [1.54, 1.807) is 0 Å². The smallest absolute Gasteiger partial charge is 0.165 e. The Morgan fingerprint density at radius 1 is 1.04 bits per heavy atom. The van der Waals surface area contributed by atoms with Crippen molar-refractivity contribution in [3.8, 4) is 17.2 Å². The van der Waals surface area contributed by atoms with Crippen LogP contribution in [0.2, 0.25) is 0 Å². The van der Waals surface area contributed by atoms with Crippen molar-refractivity contribution < 1.29 is 14.2 Å². The molecule has 2 aliphatic heterocycles. The van der Waals surface area contributed by atoms with Crippen LogP contribution in [0.25, 0.3) is 0 Å². The first-order valence-electron chi connectivity index (χ1n) is 9.05. The molecular formula is C21H25NO3. The molecule has 2 aliphatic rings. The van der Waals surface area contributed by atoms with Gasteiger partial charge in [-0.25, -0.2) is 0 Å². The highest BCUT2D eigenvalue weighted by Crippen LogP contribution is 2.36. The molecule has 0 N–H and O–H groups in total. The summed E-state index contributed by atoms with van der Waals surface area (Å²) in [7, 11) is 2.19. The van der Waals surface area contributed by atoms with Crippen LogP contribution in [0, 0.1) is 5.92 Å². The zero-order valence-corrected chi connectivity index (χ0v) is 14.7. The lowest BCUT2D eigenvalue weighted by Crippen LogP contribution is -2.39. The van der Waals surface area contributed by atoms with Gasteiger partial charge < -0.3 is 19.1 Å². The van der Waals surface area contributed by atoms with Gasteiger partial charge in [0.2, 0.25) is 0 Å². The topological polar surface area (TPSA) is 30.9 Å². The van der Waals surface area contributed by atoms with E-state index in [1.807, 2.05) is 18.2 Å². The Hall–Kier alpha value is -2.20. The van der Waals surface area contributed by atoms with Crippen LogP contribution in [0.5, 0.6) is 17.2 Å². The number of piperidine rings is 1. The molecule has 0 bridgehead atoms. The second-order valence-corrected chi connectivity index (χ2v) is 6.94. The van der Waals surface area contributed by atoms with Crippen molar-refractivity contribution in [3.63, 3.8) is 0 Å². The van der Waals surface area contributed by atoms with Crippen molar-refractivity contribution in [3.05, 3.63) is 54.1 Å². The van der Waals surface area contributed by atoms with Crippen LogP contribution < -0.4 is 14.2 Å². The van der Waals surface area contributed by atoms with Gasteiger partial charge in [0, 0.05) is 18.5 Å². The number of benzene rings is 2. The molecule has 132 valence electrons. The molecule has 0 spiro atoms. The second kappa shape index (κ2) is 7.36. The molecule has 4 rings (SSSR count). The summed E-state index contributed by atoms with van der Waals surface area (Å²) in [4.78, 5) is 2.40.